The number of benzene rings is 1. The van der Waals surface area contributed by atoms with Crippen LogP contribution in [0.25, 0.3) is 0 Å². The van der Waals surface area contributed by atoms with E-state index in [9.17, 15) is 0 Å². The number of aliphatic hydroxyl groups excluding tert-OH is 1. The minimum absolute atomic E-state index is 0.184. The molecule has 0 unspecified atom stereocenters. The fraction of sp³-hybridized carbons (Fsp3) is 0.250. The summed E-state index contributed by atoms with van der Waals surface area (Å²) in [6.45, 7) is 0.184. The van der Waals surface area contributed by atoms with E-state index < -0.39 is 0 Å². The molecule has 0 atom stereocenters. The molecule has 0 saturated carbocycles. The highest BCUT2D eigenvalue weighted by molar-refractivity contribution is 7.80. The predicted octanol–water partition coefficient (Wildman–Crippen LogP) is 1.88. The molecular weight excluding hydrogens is 176 g/mol. The molecule has 0 fully saturated rings. The monoisotopic (exact) mass is 188 g/mol. The van der Waals surface area contributed by atoms with Gasteiger partial charge in [-0.15, -0.1) is 12.6 Å². The van der Waals surface area contributed by atoms with Crippen molar-refractivity contribution in [2.75, 3.05) is 12.4 Å². The van der Waals surface area contributed by atoms with Gasteiger partial charge in [0, 0.05) is 10.6 Å². The van der Waals surface area contributed by atoms with Crippen molar-refractivity contribution in [3.05, 3.63) is 30.3 Å². The van der Waals surface area contributed by atoms with Crippen molar-refractivity contribution >= 4 is 25.3 Å². The van der Waals surface area contributed by atoms with E-state index in [0.717, 1.165) is 4.90 Å². The SMILES string of the molecule is OCCS.Sc1ccccc1. The van der Waals surface area contributed by atoms with Crippen LogP contribution in [0.15, 0.2) is 35.2 Å². The molecule has 0 amide bonds. The Morgan fingerprint density at radius 1 is 1.18 bits per heavy atom. The van der Waals surface area contributed by atoms with Gasteiger partial charge in [0.15, 0.2) is 0 Å². The Balaban J connectivity index is 0.000000218. The molecule has 0 radical (unpaired) electrons. The number of aliphatic hydroxyl groups is 1. The van der Waals surface area contributed by atoms with Crippen LogP contribution in [0, 0.1) is 0 Å². The van der Waals surface area contributed by atoms with E-state index in [1.54, 1.807) is 0 Å². The second kappa shape index (κ2) is 7.98. The maximum atomic E-state index is 7.80. The molecule has 62 valence electrons. The molecule has 1 aromatic carbocycles. The van der Waals surface area contributed by atoms with Crippen LogP contribution in [-0.4, -0.2) is 17.5 Å². The van der Waals surface area contributed by atoms with E-state index in [0.29, 0.717) is 5.75 Å². The molecule has 0 aliphatic carbocycles. The zero-order chi connectivity index (χ0) is 8.53. The van der Waals surface area contributed by atoms with Gasteiger partial charge in [-0.1, -0.05) is 18.2 Å². The Bertz CT molecular complexity index is 163. The van der Waals surface area contributed by atoms with Crippen molar-refractivity contribution < 1.29 is 5.11 Å². The first-order valence-corrected chi connectivity index (χ1v) is 4.35. The third-order valence-corrected chi connectivity index (χ3v) is 1.35. The molecular formula is C8H12OS2. The molecule has 0 aliphatic rings. The Labute approximate surface area is 78.3 Å². The van der Waals surface area contributed by atoms with Gasteiger partial charge in [0.25, 0.3) is 0 Å². The predicted molar refractivity (Wildman–Crippen MR) is 54.6 cm³/mol. The van der Waals surface area contributed by atoms with Gasteiger partial charge in [0.1, 0.15) is 0 Å². The molecule has 1 nitrogen and oxygen atoms in total. The summed E-state index contributed by atoms with van der Waals surface area (Å²) in [6, 6.07) is 9.79. The van der Waals surface area contributed by atoms with Crippen LogP contribution in [0.4, 0.5) is 0 Å². The van der Waals surface area contributed by atoms with Gasteiger partial charge >= 0.3 is 0 Å². The first-order chi connectivity index (χ1) is 5.31. The van der Waals surface area contributed by atoms with Crippen molar-refractivity contribution in [2.45, 2.75) is 4.90 Å². The highest BCUT2D eigenvalue weighted by atomic mass is 32.1. The van der Waals surface area contributed by atoms with Crippen LogP contribution in [0.3, 0.4) is 0 Å². The minimum Gasteiger partial charge on any atom is -0.396 e. The Kier molecular flexibility index (Phi) is 7.89. The van der Waals surface area contributed by atoms with Crippen molar-refractivity contribution in [3.63, 3.8) is 0 Å². The van der Waals surface area contributed by atoms with Gasteiger partial charge in [-0.25, -0.2) is 0 Å². The lowest BCUT2D eigenvalue weighted by molar-refractivity contribution is 0.323. The average molecular weight is 188 g/mol. The van der Waals surface area contributed by atoms with Gasteiger partial charge in [-0.05, 0) is 12.1 Å². The average Bonchev–Trinajstić information content (AvgIpc) is 2.07. The maximum Gasteiger partial charge on any atom is 0.0519 e. The molecule has 0 aliphatic heterocycles. The standard InChI is InChI=1S/C6H6S.C2H6OS/c7-6-4-2-1-3-5-6;3-1-2-4/h1-5,7H;3-4H,1-2H2. The van der Waals surface area contributed by atoms with Crippen LogP contribution in [0.1, 0.15) is 0 Å². The largest absolute Gasteiger partial charge is 0.396 e. The normalized spacial score (nSPS) is 8.27. The fourth-order valence-electron chi connectivity index (χ4n) is 0.428. The summed E-state index contributed by atoms with van der Waals surface area (Å²) < 4.78 is 0. The van der Waals surface area contributed by atoms with E-state index in [-0.39, 0.29) is 6.61 Å². The third-order valence-electron chi connectivity index (χ3n) is 0.856. The third kappa shape index (κ3) is 7.78. The molecule has 0 bridgehead atoms. The van der Waals surface area contributed by atoms with Crippen molar-refractivity contribution in [1.29, 1.82) is 0 Å². The van der Waals surface area contributed by atoms with E-state index in [2.05, 4.69) is 25.3 Å². The summed E-state index contributed by atoms with van der Waals surface area (Å²) in [4.78, 5) is 1.02. The summed E-state index contributed by atoms with van der Waals surface area (Å²) in [5, 5.41) is 7.80. The molecule has 3 heteroatoms. The smallest absolute Gasteiger partial charge is 0.0519 e. The number of thiol groups is 2. The zero-order valence-corrected chi connectivity index (χ0v) is 7.93. The van der Waals surface area contributed by atoms with Crippen LogP contribution in [0.2, 0.25) is 0 Å². The minimum atomic E-state index is 0.184. The van der Waals surface area contributed by atoms with E-state index in [1.807, 2.05) is 30.3 Å². The lowest BCUT2D eigenvalue weighted by atomic mass is 10.4. The lowest BCUT2D eigenvalue weighted by Crippen LogP contribution is -1.76. The second-order valence-corrected chi connectivity index (χ2v) is 2.75. The van der Waals surface area contributed by atoms with Crippen molar-refractivity contribution in [1.82, 2.24) is 0 Å². The highest BCUT2D eigenvalue weighted by Crippen LogP contribution is 2.00. The number of hydrogen-bond donors (Lipinski definition) is 3. The molecule has 0 heterocycles. The Morgan fingerprint density at radius 3 is 1.82 bits per heavy atom. The van der Waals surface area contributed by atoms with Gasteiger partial charge < -0.3 is 5.11 Å². The molecule has 1 aromatic rings. The summed E-state index contributed by atoms with van der Waals surface area (Å²) in [6.07, 6.45) is 0. The zero-order valence-electron chi connectivity index (χ0n) is 6.14. The highest BCUT2D eigenvalue weighted by Gasteiger charge is 1.73. The van der Waals surface area contributed by atoms with Gasteiger partial charge in [0.05, 0.1) is 6.61 Å². The van der Waals surface area contributed by atoms with E-state index in [4.69, 9.17) is 5.11 Å². The maximum absolute atomic E-state index is 7.80. The molecule has 1 rings (SSSR count). The van der Waals surface area contributed by atoms with Crippen molar-refractivity contribution in [2.24, 2.45) is 0 Å². The molecule has 0 spiro atoms. The molecule has 11 heavy (non-hydrogen) atoms. The first-order valence-electron chi connectivity index (χ1n) is 3.27. The fourth-order valence-corrected chi connectivity index (χ4v) is 0.600. The summed E-state index contributed by atoms with van der Waals surface area (Å²) in [7, 11) is 0. The van der Waals surface area contributed by atoms with Crippen LogP contribution < -0.4 is 0 Å². The molecule has 1 N–H and O–H groups in total. The number of rotatable bonds is 1. The second-order valence-electron chi connectivity index (χ2n) is 1.78. The topological polar surface area (TPSA) is 20.2 Å². The van der Waals surface area contributed by atoms with E-state index in [1.165, 1.54) is 0 Å². The lowest BCUT2D eigenvalue weighted by Gasteiger charge is -1.81. The van der Waals surface area contributed by atoms with Gasteiger partial charge in [-0.3, -0.25) is 0 Å². The Hall–Kier alpha value is -0.120. The van der Waals surface area contributed by atoms with Gasteiger partial charge in [0.2, 0.25) is 0 Å². The molecule has 0 saturated heterocycles. The van der Waals surface area contributed by atoms with Crippen LogP contribution in [-0.2, 0) is 0 Å². The van der Waals surface area contributed by atoms with Crippen molar-refractivity contribution in [3.8, 4) is 0 Å². The van der Waals surface area contributed by atoms with Crippen LogP contribution >= 0.6 is 25.3 Å². The van der Waals surface area contributed by atoms with Gasteiger partial charge in [-0.2, -0.15) is 12.6 Å². The van der Waals surface area contributed by atoms with Crippen LogP contribution in [0.5, 0.6) is 0 Å². The molecule has 0 aromatic heterocycles. The number of hydrogen-bond acceptors (Lipinski definition) is 3. The summed E-state index contributed by atoms with van der Waals surface area (Å²) in [5.74, 6) is 0.569. The quantitative estimate of drug-likeness (QED) is 0.575. The first kappa shape index (κ1) is 10.9. The van der Waals surface area contributed by atoms with E-state index >= 15 is 0 Å². The Morgan fingerprint density at radius 2 is 1.64 bits per heavy atom. The summed E-state index contributed by atoms with van der Waals surface area (Å²) >= 11 is 7.75. The summed E-state index contributed by atoms with van der Waals surface area (Å²) in [5.41, 5.74) is 0.